The topological polar surface area (TPSA) is 46.9 Å². The van der Waals surface area contributed by atoms with Crippen LogP contribution in [-0.2, 0) is 19.1 Å². The first-order valence-electron chi connectivity index (χ1n) is 8.55. The summed E-state index contributed by atoms with van der Waals surface area (Å²) in [6.45, 7) is 0.943. The highest BCUT2D eigenvalue weighted by Gasteiger charge is 2.30. The van der Waals surface area contributed by atoms with Crippen LogP contribution in [0.5, 0.6) is 0 Å². The molecular formula is C20H16F3N3O. The lowest BCUT2D eigenvalue weighted by molar-refractivity contribution is -0.137. The number of nitrogens with one attached hydrogen (secondary N) is 1. The largest absolute Gasteiger partial charge is 0.416 e. The molecule has 4 nitrogen and oxygen atoms in total. The molecular weight excluding hydrogens is 355 g/mol. The van der Waals surface area contributed by atoms with E-state index >= 15 is 0 Å². The van der Waals surface area contributed by atoms with Crippen molar-refractivity contribution in [3.63, 3.8) is 0 Å². The zero-order valence-corrected chi connectivity index (χ0v) is 14.3. The van der Waals surface area contributed by atoms with Crippen molar-refractivity contribution in [2.75, 3.05) is 5.32 Å². The van der Waals surface area contributed by atoms with E-state index in [9.17, 15) is 18.0 Å². The average Bonchev–Trinajstić information content (AvgIpc) is 3.25. The van der Waals surface area contributed by atoms with Crippen LogP contribution in [0.25, 0.3) is 11.3 Å². The van der Waals surface area contributed by atoms with E-state index in [-0.39, 0.29) is 5.56 Å². The third-order valence-corrected chi connectivity index (χ3v) is 4.61. The van der Waals surface area contributed by atoms with Gasteiger partial charge in [0.25, 0.3) is 5.91 Å². The molecule has 0 aliphatic carbocycles. The number of alkyl halides is 3. The molecule has 4 rings (SSSR count). The number of aromatic nitrogens is 2. The van der Waals surface area contributed by atoms with Gasteiger partial charge in [-0.05, 0) is 42.3 Å². The van der Waals surface area contributed by atoms with E-state index in [1.54, 1.807) is 12.1 Å². The second-order valence-corrected chi connectivity index (χ2v) is 6.42. The number of aryl methyl sites for hydroxylation is 1. The molecule has 0 saturated carbocycles. The van der Waals surface area contributed by atoms with Crippen LogP contribution in [0, 0.1) is 0 Å². The molecule has 0 bridgehead atoms. The molecule has 138 valence electrons. The predicted molar refractivity (Wildman–Crippen MR) is 95.4 cm³/mol. The Labute approximate surface area is 153 Å². The maximum Gasteiger partial charge on any atom is 0.416 e. The second-order valence-electron chi connectivity index (χ2n) is 6.42. The summed E-state index contributed by atoms with van der Waals surface area (Å²) >= 11 is 0. The number of nitrogens with zero attached hydrogens (tertiary/aromatic N) is 2. The Morgan fingerprint density at radius 3 is 2.63 bits per heavy atom. The van der Waals surface area contributed by atoms with E-state index in [0.717, 1.165) is 48.6 Å². The van der Waals surface area contributed by atoms with Gasteiger partial charge in [0.15, 0.2) is 0 Å². The molecule has 1 aromatic heterocycles. The maximum absolute atomic E-state index is 12.8. The van der Waals surface area contributed by atoms with E-state index in [1.165, 1.54) is 12.1 Å². The number of hydrogen-bond acceptors (Lipinski definition) is 2. The fourth-order valence-corrected chi connectivity index (χ4v) is 3.25. The van der Waals surface area contributed by atoms with Gasteiger partial charge in [0.2, 0.25) is 0 Å². The molecule has 27 heavy (non-hydrogen) atoms. The van der Waals surface area contributed by atoms with Gasteiger partial charge in [0.05, 0.1) is 17.5 Å². The molecule has 1 amide bonds. The zero-order chi connectivity index (χ0) is 19.0. The van der Waals surface area contributed by atoms with E-state index in [0.29, 0.717) is 5.69 Å². The second kappa shape index (κ2) is 6.57. The Bertz CT molecular complexity index is 990. The Morgan fingerprint density at radius 2 is 1.89 bits per heavy atom. The fraction of sp³-hybridized carbons (Fsp3) is 0.200. The highest BCUT2D eigenvalue weighted by molar-refractivity contribution is 6.04. The standard InChI is InChI=1S/C20H16F3N3O/c21-20(22,23)15-4-1-3-14(11-15)19(27)25-16-8-6-13(7-9-16)17-12-24-18-5-2-10-26(17)18/h1,3-4,6-9,11-12H,2,5,10H2,(H,25,27). The van der Waals surface area contributed by atoms with Gasteiger partial charge in [0, 0.05) is 24.2 Å². The summed E-state index contributed by atoms with van der Waals surface area (Å²) in [6.07, 6.45) is -0.583. The van der Waals surface area contributed by atoms with Gasteiger partial charge >= 0.3 is 6.18 Å². The van der Waals surface area contributed by atoms with Crippen molar-refractivity contribution < 1.29 is 18.0 Å². The summed E-state index contributed by atoms with van der Waals surface area (Å²) in [5, 5.41) is 2.63. The number of hydrogen-bond donors (Lipinski definition) is 1. The predicted octanol–water partition coefficient (Wildman–Crippen LogP) is 4.77. The first kappa shape index (κ1) is 17.3. The molecule has 0 radical (unpaired) electrons. The van der Waals surface area contributed by atoms with Gasteiger partial charge < -0.3 is 9.88 Å². The molecule has 0 spiro atoms. The van der Waals surface area contributed by atoms with E-state index in [1.807, 2.05) is 18.3 Å². The maximum atomic E-state index is 12.8. The Balaban J connectivity index is 1.51. The Hall–Kier alpha value is -3.09. The van der Waals surface area contributed by atoms with Crippen LogP contribution < -0.4 is 5.32 Å². The monoisotopic (exact) mass is 371 g/mol. The van der Waals surface area contributed by atoms with Gasteiger partial charge in [-0.15, -0.1) is 0 Å². The van der Waals surface area contributed by atoms with E-state index in [2.05, 4.69) is 14.9 Å². The van der Waals surface area contributed by atoms with Crippen molar-refractivity contribution in [3.05, 3.63) is 71.7 Å². The molecule has 3 aromatic rings. The van der Waals surface area contributed by atoms with Gasteiger partial charge in [-0.1, -0.05) is 18.2 Å². The molecule has 0 atom stereocenters. The lowest BCUT2D eigenvalue weighted by Gasteiger charge is -2.10. The molecule has 2 aromatic carbocycles. The summed E-state index contributed by atoms with van der Waals surface area (Å²) in [5.74, 6) is 0.492. The number of carbonyl (C=O) groups excluding carboxylic acids is 1. The summed E-state index contributed by atoms with van der Waals surface area (Å²) in [5.41, 5.74) is 1.64. The van der Waals surface area contributed by atoms with Crippen molar-refractivity contribution in [3.8, 4) is 11.3 Å². The van der Waals surface area contributed by atoms with Crippen LogP contribution in [0.1, 0.15) is 28.2 Å². The van der Waals surface area contributed by atoms with Crippen LogP contribution in [-0.4, -0.2) is 15.5 Å². The lowest BCUT2D eigenvalue weighted by atomic mass is 10.1. The molecule has 1 aliphatic heterocycles. The van der Waals surface area contributed by atoms with Crippen molar-refractivity contribution in [2.45, 2.75) is 25.6 Å². The van der Waals surface area contributed by atoms with Gasteiger partial charge in [0.1, 0.15) is 5.82 Å². The van der Waals surface area contributed by atoms with Crippen molar-refractivity contribution in [1.29, 1.82) is 0 Å². The number of carbonyl (C=O) groups is 1. The van der Waals surface area contributed by atoms with Crippen LogP contribution >= 0.6 is 0 Å². The van der Waals surface area contributed by atoms with E-state index in [4.69, 9.17) is 0 Å². The minimum atomic E-state index is -4.48. The number of halogens is 3. The number of amides is 1. The van der Waals surface area contributed by atoms with Crippen molar-refractivity contribution in [2.24, 2.45) is 0 Å². The minimum absolute atomic E-state index is 0.0393. The highest BCUT2D eigenvalue weighted by atomic mass is 19.4. The summed E-state index contributed by atoms with van der Waals surface area (Å²) in [6, 6.07) is 11.6. The van der Waals surface area contributed by atoms with Crippen LogP contribution in [0.3, 0.4) is 0 Å². The number of fused-ring (bicyclic) bond motifs is 1. The average molecular weight is 371 g/mol. The van der Waals surface area contributed by atoms with Crippen LogP contribution in [0.4, 0.5) is 18.9 Å². The summed E-state index contributed by atoms with van der Waals surface area (Å²) in [7, 11) is 0. The zero-order valence-electron chi connectivity index (χ0n) is 14.3. The van der Waals surface area contributed by atoms with E-state index < -0.39 is 17.6 Å². The molecule has 1 aliphatic rings. The normalized spacial score (nSPS) is 13.4. The Morgan fingerprint density at radius 1 is 1.11 bits per heavy atom. The highest BCUT2D eigenvalue weighted by Crippen LogP contribution is 2.30. The Kier molecular flexibility index (Phi) is 4.22. The van der Waals surface area contributed by atoms with Crippen LogP contribution in [0.15, 0.2) is 54.7 Å². The smallest absolute Gasteiger partial charge is 0.328 e. The lowest BCUT2D eigenvalue weighted by Crippen LogP contribution is -2.13. The first-order valence-corrected chi connectivity index (χ1v) is 8.55. The van der Waals surface area contributed by atoms with Gasteiger partial charge in [-0.25, -0.2) is 4.98 Å². The summed E-state index contributed by atoms with van der Waals surface area (Å²) < 4.78 is 40.6. The number of imidazole rings is 1. The third kappa shape index (κ3) is 3.45. The number of anilines is 1. The number of benzene rings is 2. The van der Waals surface area contributed by atoms with Crippen molar-refractivity contribution in [1.82, 2.24) is 9.55 Å². The third-order valence-electron chi connectivity index (χ3n) is 4.61. The molecule has 2 heterocycles. The van der Waals surface area contributed by atoms with Crippen molar-refractivity contribution >= 4 is 11.6 Å². The molecule has 1 N–H and O–H groups in total. The molecule has 0 unspecified atom stereocenters. The fourth-order valence-electron chi connectivity index (χ4n) is 3.25. The SMILES string of the molecule is O=C(Nc1ccc(-c2cnc3n2CCC3)cc1)c1cccc(C(F)(F)F)c1. The van der Waals surface area contributed by atoms with Gasteiger partial charge in [-0.3, -0.25) is 4.79 Å². The number of rotatable bonds is 3. The molecule has 0 saturated heterocycles. The quantitative estimate of drug-likeness (QED) is 0.721. The molecule has 0 fully saturated rings. The van der Waals surface area contributed by atoms with Crippen LogP contribution in [0.2, 0.25) is 0 Å². The summed E-state index contributed by atoms with van der Waals surface area (Å²) in [4.78, 5) is 16.7. The van der Waals surface area contributed by atoms with Gasteiger partial charge in [-0.2, -0.15) is 13.2 Å². The first-order chi connectivity index (χ1) is 12.9. The minimum Gasteiger partial charge on any atom is -0.328 e. The molecule has 7 heteroatoms.